The lowest BCUT2D eigenvalue weighted by atomic mass is 10.2. The molecule has 0 saturated heterocycles. The molecule has 0 atom stereocenters. The first-order valence-corrected chi connectivity index (χ1v) is 10.5. The summed E-state index contributed by atoms with van der Waals surface area (Å²) in [4.78, 5) is 28.9. The second kappa shape index (κ2) is 9.40. The summed E-state index contributed by atoms with van der Waals surface area (Å²) >= 11 is 1.55. The third-order valence-corrected chi connectivity index (χ3v) is 5.47. The van der Waals surface area contributed by atoms with Crippen molar-refractivity contribution in [3.8, 4) is 27.8 Å². The average molecular weight is 436 g/mol. The zero-order valence-corrected chi connectivity index (χ0v) is 17.6. The highest BCUT2D eigenvalue weighted by Crippen LogP contribution is 2.25. The van der Waals surface area contributed by atoms with E-state index >= 15 is 0 Å². The van der Waals surface area contributed by atoms with Crippen LogP contribution in [0.15, 0.2) is 69.4 Å². The van der Waals surface area contributed by atoms with Crippen LogP contribution in [-0.4, -0.2) is 34.3 Å². The molecule has 4 aromatic rings. The number of amides is 1. The van der Waals surface area contributed by atoms with E-state index in [4.69, 9.17) is 9.15 Å². The van der Waals surface area contributed by atoms with Crippen molar-refractivity contribution in [2.45, 2.75) is 13.0 Å². The summed E-state index contributed by atoms with van der Waals surface area (Å²) in [7, 11) is 1.63. The number of nitrogens with one attached hydrogen (secondary N) is 1. The lowest BCUT2D eigenvalue weighted by Crippen LogP contribution is -2.34. The lowest BCUT2D eigenvalue weighted by Gasteiger charge is -2.07. The largest absolute Gasteiger partial charge is 0.497 e. The third kappa shape index (κ3) is 5.07. The Balaban J connectivity index is 1.31. The number of hydrogen-bond donors (Lipinski definition) is 1. The quantitative estimate of drug-likeness (QED) is 0.456. The van der Waals surface area contributed by atoms with Gasteiger partial charge in [-0.25, -0.2) is 9.67 Å². The van der Waals surface area contributed by atoms with E-state index in [-0.39, 0.29) is 18.0 Å². The zero-order valence-electron chi connectivity index (χ0n) is 16.8. The Morgan fingerprint density at radius 1 is 1.19 bits per heavy atom. The first-order valence-electron chi connectivity index (χ1n) is 9.60. The number of rotatable bonds is 8. The van der Waals surface area contributed by atoms with Gasteiger partial charge in [0.25, 0.3) is 5.56 Å². The molecule has 3 heterocycles. The number of aromatic nitrogens is 3. The van der Waals surface area contributed by atoms with E-state index in [9.17, 15) is 9.59 Å². The molecule has 31 heavy (non-hydrogen) atoms. The molecule has 1 aromatic carbocycles. The van der Waals surface area contributed by atoms with Crippen LogP contribution in [-0.2, 0) is 17.8 Å². The number of furan rings is 1. The van der Waals surface area contributed by atoms with Crippen LogP contribution in [0.2, 0.25) is 0 Å². The molecule has 0 saturated carbocycles. The van der Waals surface area contributed by atoms with Gasteiger partial charge in [0, 0.05) is 30.0 Å². The molecule has 9 heteroatoms. The molecule has 0 aliphatic heterocycles. The monoisotopic (exact) mass is 436 g/mol. The van der Waals surface area contributed by atoms with Crippen LogP contribution >= 0.6 is 11.3 Å². The minimum Gasteiger partial charge on any atom is -0.497 e. The van der Waals surface area contributed by atoms with Crippen LogP contribution in [0.3, 0.4) is 0 Å². The van der Waals surface area contributed by atoms with Crippen LogP contribution in [0.5, 0.6) is 5.75 Å². The van der Waals surface area contributed by atoms with E-state index in [1.165, 1.54) is 12.3 Å². The van der Waals surface area contributed by atoms with Crippen molar-refractivity contribution in [2.24, 2.45) is 0 Å². The topological polar surface area (TPSA) is 99.2 Å². The predicted molar refractivity (Wildman–Crippen MR) is 117 cm³/mol. The van der Waals surface area contributed by atoms with E-state index in [1.807, 2.05) is 29.6 Å². The average Bonchev–Trinajstić information content (AvgIpc) is 3.48. The molecule has 1 amide bonds. The van der Waals surface area contributed by atoms with Gasteiger partial charge in [-0.05, 0) is 42.5 Å². The van der Waals surface area contributed by atoms with Crippen molar-refractivity contribution < 1.29 is 13.9 Å². The van der Waals surface area contributed by atoms with Crippen LogP contribution in [0.25, 0.3) is 22.0 Å². The molecule has 3 aromatic heterocycles. The Morgan fingerprint density at radius 3 is 2.77 bits per heavy atom. The fourth-order valence-electron chi connectivity index (χ4n) is 2.93. The Morgan fingerprint density at radius 2 is 2.03 bits per heavy atom. The molecule has 0 radical (unpaired) electrons. The van der Waals surface area contributed by atoms with Crippen molar-refractivity contribution in [1.29, 1.82) is 0 Å². The zero-order chi connectivity index (χ0) is 21.6. The first-order chi connectivity index (χ1) is 15.1. The predicted octanol–water partition coefficient (Wildman–Crippen LogP) is 2.99. The standard InChI is InChI=1S/C22H20N4O4S/c1-29-17-6-4-15(5-7-17)22-24-16(14-31-22)10-11-23-20(27)13-26-21(28)9-8-18(25-26)19-3-2-12-30-19/h2-9,12,14H,10-11,13H2,1H3,(H,23,27). The SMILES string of the molecule is COc1ccc(-c2nc(CCNC(=O)Cn3nc(-c4ccco4)ccc3=O)cs2)cc1. The smallest absolute Gasteiger partial charge is 0.267 e. The number of carbonyl (C=O) groups is 1. The molecule has 0 unspecified atom stereocenters. The summed E-state index contributed by atoms with van der Waals surface area (Å²) in [5.74, 6) is 1.04. The van der Waals surface area contributed by atoms with Crippen molar-refractivity contribution in [3.05, 3.63) is 76.2 Å². The molecular weight excluding hydrogens is 416 g/mol. The van der Waals surface area contributed by atoms with E-state index in [1.54, 1.807) is 36.6 Å². The van der Waals surface area contributed by atoms with Gasteiger partial charge in [0.05, 0.1) is 19.1 Å². The van der Waals surface area contributed by atoms with Crippen molar-refractivity contribution >= 4 is 17.2 Å². The lowest BCUT2D eigenvalue weighted by molar-refractivity contribution is -0.121. The highest BCUT2D eigenvalue weighted by atomic mass is 32.1. The van der Waals surface area contributed by atoms with Gasteiger partial charge in [-0.15, -0.1) is 11.3 Å². The number of nitrogens with zero attached hydrogens (tertiary/aromatic N) is 3. The highest BCUT2D eigenvalue weighted by molar-refractivity contribution is 7.13. The number of thiazole rings is 1. The van der Waals surface area contributed by atoms with Gasteiger partial charge >= 0.3 is 0 Å². The van der Waals surface area contributed by atoms with E-state index in [0.717, 1.165) is 26.7 Å². The minimum atomic E-state index is -0.353. The Kier molecular flexibility index (Phi) is 6.23. The van der Waals surface area contributed by atoms with Gasteiger partial charge in [0.2, 0.25) is 5.91 Å². The molecule has 0 aliphatic carbocycles. The second-order valence-corrected chi connectivity index (χ2v) is 7.52. The molecule has 0 bridgehead atoms. The summed E-state index contributed by atoms with van der Waals surface area (Å²) in [5.41, 5.74) is 2.05. The fourth-order valence-corrected chi connectivity index (χ4v) is 3.79. The Bertz CT molecular complexity index is 1210. The molecule has 4 rings (SSSR count). The van der Waals surface area contributed by atoms with Gasteiger partial charge in [-0.2, -0.15) is 5.10 Å². The minimum absolute atomic E-state index is 0.165. The third-order valence-electron chi connectivity index (χ3n) is 4.53. The maximum absolute atomic E-state index is 12.3. The first kappa shape index (κ1) is 20.5. The summed E-state index contributed by atoms with van der Waals surface area (Å²) in [6.45, 7) is 0.249. The maximum atomic E-state index is 12.3. The second-order valence-electron chi connectivity index (χ2n) is 6.66. The number of benzene rings is 1. The van der Waals surface area contributed by atoms with E-state index in [2.05, 4.69) is 15.4 Å². The maximum Gasteiger partial charge on any atom is 0.267 e. The number of methoxy groups -OCH3 is 1. The number of hydrogen-bond acceptors (Lipinski definition) is 7. The van der Waals surface area contributed by atoms with Gasteiger partial charge < -0.3 is 14.5 Å². The molecule has 0 fully saturated rings. The van der Waals surface area contributed by atoms with Crippen LogP contribution < -0.4 is 15.6 Å². The van der Waals surface area contributed by atoms with Crippen LogP contribution in [0, 0.1) is 0 Å². The van der Waals surface area contributed by atoms with Crippen molar-refractivity contribution in [1.82, 2.24) is 20.1 Å². The molecule has 158 valence electrons. The van der Waals surface area contributed by atoms with Crippen molar-refractivity contribution in [2.75, 3.05) is 13.7 Å². The van der Waals surface area contributed by atoms with E-state index in [0.29, 0.717) is 24.4 Å². The van der Waals surface area contributed by atoms with Gasteiger partial charge in [0.1, 0.15) is 23.0 Å². The van der Waals surface area contributed by atoms with Gasteiger partial charge in [-0.3, -0.25) is 9.59 Å². The number of carbonyl (C=O) groups excluding carboxylic acids is 1. The van der Waals surface area contributed by atoms with E-state index < -0.39 is 0 Å². The summed E-state index contributed by atoms with van der Waals surface area (Å²) in [5, 5.41) is 9.90. The summed E-state index contributed by atoms with van der Waals surface area (Å²) < 4.78 is 11.6. The number of ether oxygens (including phenoxy) is 1. The fraction of sp³-hybridized carbons (Fsp3) is 0.182. The Labute approximate surface area is 182 Å². The Hall–Kier alpha value is -3.72. The van der Waals surface area contributed by atoms with Crippen LogP contribution in [0.4, 0.5) is 0 Å². The van der Waals surface area contributed by atoms with Crippen molar-refractivity contribution in [3.63, 3.8) is 0 Å². The molecule has 0 spiro atoms. The summed E-state index contributed by atoms with van der Waals surface area (Å²) in [6, 6.07) is 14.1. The molecule has 0 aliphatic rings. The van der Waals surface area contributed by atoms with Gasteiger partial charge in [0.15, 0.2) is 5.76 Å². The van der Waals surface area contributed by atoms with Crippen LogP contribution in [0.1, 0.15) is 5.69 Å². The summed E-state index contributed by atoms with van der Waals surface area (Å²) in [6.07, 6.45) is 2.12. The molecule has 8 nitrogen and oxygen atoms in total. The van der Waals surface area contributed by atoms with Gasteiger partial charge in [-0.1, -0.05) is 0 Å². The normalized spacial score (nSPS) is 10.7. The highest BCUT2D eigenvalue weighted by Gasteiger charge is 2.10. The molecular formula is C22H20N4O4S. The molecule has 1 N–H and O–H groups in total.